The number of amides is 2. The number of rotatable bonds is 9. The summed E-state index contributed by atoms with van der Waals surface area (Å²) in [5.74, 6) is 0.0411. The first kappa shape index (κ1) is 22.5. The minimum absolute atomic E-state index is 0.0722. The zero-order valence-electron chi connectivity index (χ0n) is 18.0. The highest BCUT2D eigenvalue weighted by atomic mass is 32.2. The van der Waals surface area contributed by atoms with Gasteiger partial charge in [-0.3, -0.25) is 9.59 Å². The van der Waals surface area contributed by atoms with E-state index in [1.807, 2.05) is 29.2 Å². The lowest BCUT2D eigenvalue weighted by Gasteiger charge is -2.15. The van der Waals surface area contributed by atoms with E-state index in [2.05, 4.69) is 10.0 Å². The molecule has 170 valence electrons. The van der Waals surface area contributed by atoms with Gasteiger partial charge in [0.05, 0.1) is 11.3 Å². The van der Waals surface area contributed by atoms with Gasteiger partial charge in [-0.1, -0.05) is 24.3 Å². The van der Waals surface area contributed by atoms with Gasteiger partial charge in [-0.15, -0.1) is 0 Å². The molecule has 0 radical (unpaired) electrons. The Balaban J connectivity index is 1.23. The van der Waals surface area contributed by atoms with Crippen molar-refractivity contribution in [3.8, 4) is 0 Å². The van der Waals surface area contributed by atoms with Crippen LogP contribution in [0.2, 0.25) is 0 Å². The third-order valence-corrected chi connectivity index (χ3v) is 7.36. The smallest absolute Gasteiger partial charge is 0.240 e. The van der Waals surface area contributed by atoms with E-state index in [1.165, 1.54) is 0 Å². The number of carbonyl (C=O) groups excluding carboxylic acids is 2. The van der Waals surface area contributed by atoms with Crippen LogP contribution in [0.5, 0.6) is 0 Å². The SMILES string of the molecule is O=C(CCc1ccc(S(=O)(=O)NC2CC2)cc1)Nc1ccc(CC(=O)N2CCCC2)cc1. The first-order valence-electron chi connectivity index (χ1n) is 11.2. The Morgan fingerprint density at radius 3 is 2.16 bits per heavy atom. The topological polar surface area (TPSA) is 95.6 Å². The average molecular weight is 456 g/mol. The lowest BCUT2D eigenvalue weighted by atomic mass is 10.1. The van der Waals surface area contributed by atoms with Crippen molar-refractivity contribution in [2.24, 2.45) is 0 Å². The molecule has 32 heavy (non-hydrogen) atoms. The number of likely N-dealkylation sites (tertiary alicyclic amines) is 1. The zero-order chi connectivity index (χ0) is 22.6. The van der Waals surface area contributed by atoms with E-state index in [9.17, 15) is 18.0 Å². The van der Waals surface area contributed by atoms with Gasteiger partial charge in [0.2, 0.25) is 21.8 Å². The minimum atomic E-state index is -3.46. The highest BCUT2D eigenvalue weighted by molar-refractivity contribution is 7.89. The van der Waals surface area contributed by atoms with Crippen LogP contribution in [0.3, 0.4) is 0 Å². The molecule has 1 heterocycles. The molecule has 8 heteroatoms. The van der Waals surface area contributed by atoms with Gasteiger partial charge in [0.1, 0.15) is 0 Å². The number of anilines is 1. The Morgan fingerprint density at radius 2 is 1.53 bits per heavy atom. The van der Waals surface area contributed by atoms with E-state index >= 15 is 0 Å². The van der Waals surface area contributed by atoms with Gasteiger partial charge in [0.25, 0.3) is 0 Å². The van der Waals surface area contributed by atoms with E-state index in [0.29, 0.717) is 24.9 Å². The van der Waals surface area contributed by atoms with Crippen LogP contribution in [0.1, 0.15) is 43.2 Å². The zero-order valence-corrected chi connectivity index (χ0v) is 18.9. The number of hydrogen-bond donors (Lipinski definition) is 2. The summed E-state index contributed by atoms with van der Waals surface area (Å²) in [5.41, 5.74) is 2.53. The van der Waals surface area contributed by atoms with E-state index in [-0.39, 0.29) is 22.8 Å². The Bertz CT molecular complexity index is 1060. The fraction of sp³-hybridized carbons (Fsp3) is 0.417. The molecule has 2 amide bonds. The van der Waals surface area contributed by atoms with Crippen molar-refractivity contribution >= 4 is 27.5 Å². The van der Waals surface area contributed by atoms with Gasteiger partial charge >= 0.3 is 0 Å². The average Bonchev–Trinajstić information content (AvgIpc) is 3.40. The molecule has 1 saturated heterocycles. The molecule has 0 atom stereocenters. The molecule has 2 aliphatic rings. The van der Waals surface area contributed by atoms with E-state index in [4.69, 9.17) is 0 Å². The van der Waals surface area contributed by atoms with Gasteiger partial charge in [-0.05, 0) is 67.5 Å². The normalized spacial score (nSPS) is 16.2. The predicted molar refractivity (Wildman–Crippen MR) is 123 cm³/mol. The van der Waals surface area contributed by atoms with Crippen molar-refractivity contribution in [2.45, 2.75) is 55.9 Å². The number of carbonyl (C=O) groups is 2. The molecule has 1 saturated carbocycles. The van der Waals surface area contributed by atoms with Crippen LogP contribution in [0.15, 0.2) is 53.4 Å². The fourth-order valence-electron chi connectivity index (χ4n) is 3.76. The summed E-state index contributed by atoms with van der Waals surface area (Å²) < 4.78 is 27.1. The van der Waals surface area contributed by atoms with Gasteiger partial charge < -0.3 is 10.2 Å². The summed E-state index contributed by atoms with van der Waals surface area (Å²) in [6.07, 6.45) is 5.15. The number of nitrogens with one attached hydrogen (secondary N) is 2. The summed E-state index contributed by atoms with van der Waals surface area (Å²) in [7, 11) is -3.46. The Morgan fingerprint density at radius 1 is 0.906 bits per heavy atom. The summed E-state index contributed by atoms with van der Waals surface area (Å²) in [6.45, 7) is 1.70. The number of sulfonamides is 1. The van der Waals surface area contributed by atoms with Crippen LogP contribution in [-0.2, 0) is 32.5 Å². The predicted octanol–water partition coefficient (Wildman–Crippen LogP) is 2.86. The molecule has 7 nitrogen and oxygen atoms in total. The molecule has 1 aliphatic heterocycles. The third kappa shape index (κ3) is 6.17. The van der Waals surface area contributed by atoms with Crippen LogP contribution in [0.25, 0.3) is 0 Å². The molecule has 2 fully saturated rings. The van der Waals surface area contributed by atoms with E-state index in [0.717, 1.165) is 49.9 Å². The maximum atomic E-state index is 12.3. The molecule has 1 aliphatic carbocycles. The second-order valence-corrected chi connectivity index (χ2v) is 10.3. The summed E-state index contributed by atoms with van der Waals surface area (Å²) in [4.78, 5) is 26.7. The van der Waals surface area contributed by atoms with Crippen LogP contribution in [-0.4, -0.2) is 44.3 Å². The molecule has 0 unspecified atom stereocenters. The number of nitrogens with zero attached hydrogens (tertiary/aromatic N) is 1. The Hall–Kier alpha value is -2.71. The minimum Gasteiger partial charge on any atom is -0.342 e. The van der Waals surface area contributed by atoms with Crippen molar-refractivity contribution in [3.63, 3.8) is 0 Å². The quantitative estimate of drug-likeness (QED) is 0.608. The molecule has 2 aromatic rings. The molecular formula is C24H29N3O4S. The molecule has 0 aromatic heterocycles. The molecule has 2 aromatic carbocycles. The second kappa shape index (κ2) is 9.83. The Labute approximate surface area is 189 Å². The van der Waals surface area contributed by atoms with Gasteiger partial charge in [-0.25, -0.2) is 13.1 Å². The monoisotopic (exact) mass is 455 g/mol. The molecular weight excluding hydrogens is 426 g/mol. The fourth-order valence-corrected chi connectivity index (χ4v) is 5.07. The third-order valence-electron chi connectivity index (χ3n) is 5.83. The molecule has 0 spiro atoms. The first-order valence-corrected chi connectivity index (χ1v) is 12.7. The van der Waals surface area contributed by atoms with Crippen molar-refractivity contribution in [2.75, 3.05) is 18.4 Å². The lowest BCUT2D eigenvalue weighted by Crippen LogP contribution is -2.29. The van der Waals surface area contributed by atoms with Gasteiger partial charge in [0.15, 0.2) is 0 Å². The number of benzene rings is 2. The van der Waals surface area contributed by atoms with E-state index < -0.39 is 10.0 Å². The summed E-state index contributed by atoms with van der Waals surface area (Å²) >= 11 is 0. The summed E-state index contributed by atoms with van der Waals surface area (Å²) in [6, 6.07) is 14.1. The standard InChI is InChI=1S/C24H29N3O4S/c28-23(14-7-18-5-12-22(13-6-18)32(30,31)26-21-10-11-21)25-20-8-3-19(4-9-20)17-24(29)27-15-1-2-16-27/h3-6,8-9,12-13,21,26H,1-2,7,10-11,14-17H2,(H,25,28). The van der Waals surface area contributed by atoms with Crippen LogP contribution < -0.4 is 10.0 Å². The lowest BCUT2D eigenvalue weighted by molar-refractivity contribution is -0.129. The van der Waals surface area contributed by atoms with Crippen molar-refractivity contribution in [1.29, 1.82) is 0 Å². The van der Waals surface area contributed by atoms with Crippen LogP contribution in [0.4, 0.5) is 5.69 Å². The van der Waals surface area contributed by atoms with E-state index in [1.54, 1.807) is 24.3 Å². The van der Waals surface area contributed by atoms with Crippen molar-refractivity contribution < 1.29 is 18.0 Å². The summed E-state index contributed by atoms with van der Waals surface area (Å²) in [5, 5.41) is 2.87. The van der Waals surface area contributed by atoms with Crippen molar-refractivity contribution in [1.82, 2.24) is 9.62 Å². The van der Waals surface area contributed by atoms with Gasteiger partial charge in [-0.2, -0.15) is 0 Å². The maximum Gasteiger partial charge on any atom is 0.240 e. The molecule has 4 rings (SSSR count). The van der Waals surface area contributed by atoms with Crippen LogP contribution in [0, 0.1) is 0 Å². The number of aryl methyl sites for hydroxylation is 1. The number of hydrogen-bond acceptors (Lipinski definition) is 4. The molecule has 2 N–H and O–H groups in total. The first-order chi connectivity index (χ1) is 15.4. The van der Waals surface area contributed by atoms with Crippen molar-refractivity contribution in [3.05, 3.63) is 59.7 Å². The van der Waals surface area contributed by atoms with Gasteiger partial charge in [0, 0.05) is 31.2 Å². The maximum absolute atomic E-state index is 12.3. The van der Waals surface area contributed by atoms with Crippen LogP contribution >= 0.6 is 0 Å². The second-order valence-electron chi connectivity index (χ2n) is 8.55. The Kier molecular flexibility index (Phi) is 6.91. The molecule has 0 bridgehead atoms. The highest BCUT2D eigenvalue weighted by Gasteiger charge is 2.27. The highest BCUT2D eigenvalue weighted by Crippen LogP contribution is 2.22. The largest absolute Gasteiger partial charge is 0.342 e.